The number of aromatic nitrogens is 4. The van der Waals surface area contributed by atoms with E-state index in [2.05, 4.69) is 15.0 Å². The monoisotopic (exact) mass is 306 g/mol. The van der Waals surface area contributed by atoms with Gasteiger partial charge in [0.05, 0.1) is 0 Å². The molecule has 2 aromatic rings. The van der Waals surface area contributed by atoms with Gasteiger partial charge in [-0.05, 0) is 6.07 Å². The molecule has 11 heteroatoms. The van der Waals surface area contributed by atoms with Crippen LogP contribution in [0.5, 0.6) is 0 Å². The van der Waals surface area contributed by atoms with Crippen molar-refractivity contribution >= 4 is 17.5 Å². The van der Waals surface area contributed by atoms with Crippen LogP contribution in [0.1, 0.15) is 0 Å². The molecule has 0 radical (unpaired) electrons. The Bertz CT molecular complexity index is 673. The molecule has 0 spiro atoms. The van der Waals surface area contributed by atoms with Gasteiger partial charge in [0.15, 0.2) is 0 Å². The Morgan fingerprint density at radius 3 is 2.65 bits per heavy atom. The Hall–Kier alpha value is -2.20. The minimum Gasteiger partial charge on any atom is -0.282 e. The molecule has 2 N–H and O–H groups in total. The number of nitrogens with zero attached hydrogens (tertiary/aromatic N) is 4. The van der Waals surface area contributed by atoms with Crippen molar-refractivity contribution in [2.75, 3.05) is 5.43 Å². The molecule has 0 aliphatic rings. The zero-order valence-electron chi connectivity index (χ0n) is 9.52. The predicted molar refractivity (Wildman–Crippen MR) is 63.2 cm³/mol. The molecule has 2 rings (SSSR count). The molecular weight excluding hydrogens is 301 g/mol. The molecule has 20 heavy (non-hydrogen) atoms. The number of hydrogen-bond donors (Lipinski definition) is 2. The van der Waals surface area contributed by atoms with Crippen LogP contribution in [-0.4, -0.2) is 25.8 Å². The maximum atomic E-state index is 11.9. The molecule has 0 aromatic carbocycles. The zero-order chi connectivity index (χ0) is 14.8. The molecule has 2 heterocycles. The van der Waals surface area contributed by atoms with Gasteiger partial charge in [-0.25, -0.2) is 19.3 Å². The topological polar surface area (TPSA) is 84.7 Å². The molecule has 106 valence electrons. The number of halogens is 4. The smallest absolute Gasteiger partial charge is 0.282 e. The molecule has 7 nitrogen and oxygen atoms in total. The van der Waals surface area contributed by atoms with Crippen molar-refractivity contribution in [3.8, 4) is 5.82 Å². The third kappa shape index (κ3) is 3.65. The van der Waals surface area contributed by atoms with E-state index < -0.39 is 17.9 Å². The van der Waals surface area contributed by atoms with E-state index in [4.69, 9.17) is 11.6 Å². The fraction of sp³-hybridized carbons (Fsp3) is 0.111. The number of pyridine rings is 1. The highest BCUT2D eigenvalue weighted by Gasteiger charge is 2.27. The largest absolute Gasteiger partial charge is 0.474 e. The highest BCUT2D eigenvalue weighted by atomic mass is 35.5. The highest BCUT2D eigenvalue weighted by Crippen LogP contribution is 2.11. The van der Waals surface area contributed by atoms with Crippen molar-refractivity contribution in [1.29, 1.82) is 0 Å². The first kappa shape index (κ1) is 14.2. The number of hydrogen-bond acceptors (Lipinski definition) is 6. The van der Waals surface area contributed by atoms with E-state index in [0.717, 1.165) is 16.3 Å². The number of rotatable bonds is 3. The normalized spacial score (nSPS) is 11.4. The van der Waals surface area contributed by atoms with Gasteiger partial charge in [0.1, 0.15) is 12.1 Å². The SMILES string of the molecule is O=c1nc(NNC(F)(F)F)ncn1-c1cc(Cl)ccn1. The molecule has 0 unspecified atom stereocenters. The third-order valence-electron chi connectivity index (χ3n) is 1.97. The summed E-state index contributed by atoms with van der Waals surface area (Å²) in [6.07, 6.45) is -2.33. The van der Waals surface area contributed by atoms with Crippen molar-refractivity contribution in [3.63, 3.8) is 0 Å². The average Bonchev–Trinajstić information content (AvgIpc) is 2.35. The third-order valence-corrected chi connectivity index (χ3v) is 2.21. The molecule has 0 saturated carbocycles. The van der Waals surface area contributed by atoms with Gasteiger partial charge in [0.25, 0.3) is 0 Å². The Balaban J connectivity index is 2.25. The first-order chi connectivity index (χ1) is 9.35. The van der Waals surface area contributed by atoms with E-state index in [0.29, 0.717) is 5.02 Å². The Labute approximate surface area is 114 Å². The van der Waals surface area contributed by atoms with E-state index in [-0.39, 0.29) is 5.82 Å². The van der Waals surface area contributed by atoms with Gasteiger partial charge in [-0.2, -0.15) is 18.2 Å². The fourth-order valence-corrected chi connectivity index (χ4v) is 1.36. The summed E-state index contributed by atoms with van der Waals surface area (Å²) in [6.45, 7) is 0. The Kier molecular flexibility index (Phi) is 3.86. The summed E-state index contributed by atoms with van der Waals surface area (Å²) in [6, 6.07) is 2.88. The van der Waals surface area contributed by atoms with Crippen LogP contribution in [0.4, 0.5) is 19.1 Å². The second-order valence-corrected chi connectivity index (χ2v) is 3.85. The first-order valence-electron chi connectivity index (χ1n) is 5.03. The van der Waals surface area contributed by atoms with Crippen molar-refractivity contribution in [2.45, 2.75) is 6.30 Å². The van der Waals surface area contributed by atoms with Gasteiger partial charge in [-0.15, -0.1) is 5.43 Å². The van der Waals surface area contributed by atoms with Crippen LogP contribution in [-0.2, 0) is 0 Å². The van der Waals surface area contributed by atoms with E-state index in [1.54, 1.807) is 5.43 Å². The molecule has 0 aliphatic carbocycles. The van der Waals surface area contributed by atoms with Gasteiger partial charge in [0.2, 0.25) is 5.95 Å². The number of anilines is 1. The summed E-state index contributed by atoms with van der Waals surface area (Å²) in [7, 11) is 0. The Morgan fingerprint density at radius 2 is 2.05 bits per heavy atom. The van der Waals surface area contributed by atoms with Crippen LogP contribution < -0.4 is 16.5 Å². The Morgan fingerprint density at radius 1 is 1.30 bits per heavy atom. The van der Waals surface area contributed by atoms with Gasteiger partial charge in [-0.3, -0.25) is 5.43 Å². The van der Waals surface area contributed by atoms with Crippen LogP contribution in [0, 0.1) is 0 Å². The quantitative estimate of drug-likeness (QED) is 0.653. The van der Waals surface area contributed by atoms with Crippen molar-refractivity contribution in [2.24, 2.45) is 0 Å². The van der Waals surface area contributed by atoms with E-state index in [1.807, 2.05) is 0 Å². The van der Waals surface area contributed by atoms with Crippen LogP contribution in [0.2, 0.25) is 5.02 Å². The molecule has 0 bridgehead atoms. The van der Waals surface area contributed by atoms with Gasteiger partial charge < -0.3 is 0 Å². The summed E-state index contributed by atoms with van der Waals surface area (Å²) < 4.78 is 36.6. The summed E-state index contributed by atoms with van der Waals surface area (Å²) in [5.41, 5.74) is 1.77. The number of hydrazine groups is 1. The lowest BCUT2D eigenvalue weighted by atomic mass is 10.4. The predicted octanol–water partition coefficient (Wildman–Crippen LogP) is 1.11. The van der Waals surface area contributed by atoms with Gasteiger partial charge >= 0.3 is 12.0 Å². The number of alkyl halides is 3. The summed E-state index contributed by atoms with van der Waals surface area (Å²) >= 11 is 5.73. The summed E-state index contributed by atoms with van der Waals surface area (Å²) in [4.78, 5) is 22.4. The first-order valence-corrected chi connectivity index (χ1v) is 5.40. The van der Waals surface area contributed by atoms with Crippen LogP contribution in [0.15, 0.2) is 29.5 Å². The number of nitrogens with one attached hydrogen (secondary N) is 2. The lowest BCUT2D eigenvalue weighted by Gasteiger charge is -2.09. The second kappa shape index (κ2) is 5.43. The molecule has 0 amide bonds. The maximum Gasteiger partial charge on any atom is 0.474 e. The molecule has 2 aromatic heterocycles. The molecule has 0 atom stereocenters. The summed E-state index contributed by atoms with van der Waals surface area (Å²) in [5, 5.41) is 0.336. The molecule has 0 aliphatic heterocycles. The van der Waals surface area contributed by atoms with Crippen molar-refractivity contribution in [3.05, 3.63) is 40.2 Å². The summed E-state index contributed by atoms with van der Waals surface area (Å²) in [5.74, 6) is -0.372. The second-order valence-electron chi connectivity index (χ2n) is 3.41. The highest BCUT2D eigenvalue weighted by molar-refractivity contribution is 6.30. The molecular formula is C9H6ClF3N6O. The minimum absolute atomic E-state index is 0.151. The van der Waals surface area contributed by atoms with Gasteiger partial charge in [-0.1, -0.05) is 11.6 Å². The van der Waals surface area contributed by atoms with E-state index in [9.17, 15) is 18.0 Å². The average molecular weight is 307 g/mol. The maximum absolute atomic E-state index is 11.9. The lowest BCUT2D eigenvalue weighted by Crippen LogP contribution is -2.38. The fourth-order valence-electron chi connectivity index (χ4n) is 1.20. The van der Waals surface area contributed by atoms with Gasteiger partial charge in [0, 0.05) is 17.3 Å². The van der Waals surface area contributed by atoms with Crippen LogP contribution in [0.25, 0.3) is 5.82 Å². The lowest BCUT2D eigenvalue weighted by molar-refractivity contribution is -0.151. The molecule has 0 fully saturated rings. The van der Waals surface area contributed by atoms with Crippen LogP contribution in [0.3, 0.4) is 0 Å². The van der Waals surface area contributed by atoms with E-state index >= 15 is 0 Å². The van der Waals surface area contributed by atoms with Crippen molar-refractivity contribution < 1.29 is 13.2 Å². The zero-order valence-corrected chi connectivity index (χ0v) is 10.3. The minimum atomic E-state index is -4.67. The van der Waals surface area contributed by atoms with Crippen LogP contribution >= 0.6 is 11.6 Å². The van der Waals surface area contributed by atoms with Crippen molar-refractivity contribution in [1.82, 2.24) is 24.9 Å². The van der Waals surface area contributed by atoms with E-state index in [1.165, 1.54) is 18.3 Å². The standard InChI is InChI=1S/C9H6ClF3N6O/c10-5-1-2-14-6(3-5)19-4-15-7(16-8(19)20)17-18-9(11,12)13/h1-4,18H,(H,16,17,20). The molecule has 0 saturated heterocycles.